The molecular formula is C17H31Cl3N4O2. The van der Waals surface area contributed by atoms with Crippen LogP contribution < -0.4 is 15.8 Å². The zero-order valence-corrected chi connectivity index (χ0v) is 18.0. The monoisotopic (exact) mass is 428 g/mol. The number of nitrogens with two attached hydrogens (primary N) is 1. The molecule has 0 aliphatic carbocycles. The van der Waals surface area contributed by atoms with E-state index in [1.165, 1.54) is 0 Å². The number of anilines is 1. The number of ether oxygens (including phenoxy) is 1. The van der Waals surface area contributed by atoms with Gasteiger partial charge in [0, 0.05) is 38.4 Å². The summed E-state index contributed by atoms with van der Waals surface area (Å²) >= 11 is 0. The first-order valence-electron chi connectivity index (χ1n) is 8.09. The van der Waals surface area contributed by atoms with Crippen LogP contribution in [0.25, 0.3) is 0 Å². The molecule has 1 aliphatic rings. The highest BCUT2D eigenvalue weighted by Crippen LogP contribution is 2.16. The molecule has 152 valence electrons. The Balaban J connectivity index is 0. The number of nitrogens with zero attached hydrogens (tertiary/aromatic N) is 2. The summed E-state index contributed by atoms with van der Waals surface area (Å²) < 4.78 is 5.77. The second kappa shape index (κ2) is 12.6. The number of halogens is 3. The summed E-state index contributed by atoms with van der Waals surface area (Å²) in [6.45, 7) is 9.40. The van der Waals surface area contributed by atoms with E-state index in [0.29, 0.717) is 6.61 Å². The van der Waals surface area contributed by atoms with Crippen LogP contribution in [0.5, 0.6) is 5.75 Å². The Morgan fingerprint density at radius 2 is 1.65 bits per heavy atom. The van der Waals surface area contributed by atoms with Crippen LogP contribution in [0.2, 0.25) is 0 Å². The first-order valence-corrected chi connectivity index (χ1v) is 8.09. The van der Waals surface area contributed by atoms with E-state index in [-0.39, 0.29) is 43.1 Å². The molecule has 6 nitrogen and oxygen atoms in total. The Labute approximate surface area is 175 Å². The topological polar surface area (TPSA) is 70.8 Å². The molecule has 0 radical (unpaired) electrons. The Bertz CT molecular complexity index is 516. The maximum atomic E-state index is 11.8. The van der Waals surface area contributed by atoms with Crippen LogP contribution in [0.15, 0.2) is 24.3 Å². The van der Waals surface area contributed by atoms with E-state index in [2.05, 4.69) is 22.2 Å². The van der Waals surface area contributed by atoms with Gasteiger partial charge in [0.05, 0.1) is 5.54 Å². The Kier molecular flexibility index (Phi) is 13.3. The molecule has 26 heavy (non-hydrogen) atoms. The number of hydrogen-bond acceptors (Lipinski definition) is 5. The van der Waals surface area contributed by atoms with Gasteiger partial charge < -0.3 is 20.7 Å². The molecule has 1 aliphatic heterocycles. The van der Waals surface area contributed by atoms with E-state index in [1.807, 2.05) is 24.3 Å². The smallest absolute Gasteiger partial charge is 0.243 e. The van der Waals surface area contributed by atoms with Crippen molar-refractivity contribution in [2.24, 2.45) is 5.73 Å². The van der Waals surface area contributed by atoms with E-state index in [9.17, 15) is 4.79 Å². The minimum atomic E-state index is -0.891. The molecule has 1 saturated heterocycles. The zero-order chi connectivity index (χ0) is 16.9. The van der Waals surface area contributed by atoms with Gasteiger partial charge in [-0.15, -0.1) is 37.2 Å². The van der Waals surface area contributed by atoms with Crippen molar-refractivity contribution in [2.75, 3.05) is 51.7 Å². The van der Waals surface area contributed by atoms with Crippen LogP contribution in [0, 0.1) is 0 Å². The summed E-state index contributed by atoms with van der Waals surface area (Å²) in [5.74, 6) is 0.602. The van der Waals surface area contributed by atoms with Crippen LogP contribution >= 0.6 is 37.2 Å². The standard InChI is InChI=1S/C17H28N4O2.3ClH/c1-17(2,18)16(22)19-14-4-6-15(7-5-14)23-13-12-21-10-8-20(3)9-11-21;;;/h4-7H,8-13,18H2,1-3H3,(H,19,22);3*1H. The van der Waals surface area contributed by atoms with Crippen molar-refractivity contribution in [3.63, 3.8) is 0 Å². The molecule has 9 heteroatoms. The third-order valence-electron chi connectivity index (χ3n) is 3.97. The lowest BCUT2D eigenvalue weighted by Gasteiger charge is -2.32. The van der Waals surface area contributed by atoms with Gasteiger partial charge in [-0.05, 0) is 45.2 Å². The van der Waals surface area contributed by atoms with Gasteiger partial charge in [-0.2, -0.15) is 0 Å². The number of piperazine rings is 1. The van der Waals surface area contributed by atoms with Gasteiger partial charge in [-0.25, -0.2) is 0 Å². The Morgan fingerprint density at radius 3 is 2.15 bits per heavy atom. The molecule has 0 unspecified atom stereocenters. The highest BCUT2D eigenvalue weighted by Gasteiger charge is 2.21. The Morgan fingerprint density at radius 1 is 1.12 bits per heavy atom. The molecule has 0 atom stereocenters. The van der Waals surface area contributed by atoms with Crippen molar-refractivity contribution in [3.8, 4) is 5.75 Å². The second-order valence-corrected chi connectivity index (χ2v) is 6.69. The van der Waals surface area contributed by atoms with Crippen molar-refractivity contribution in [3.05, 3.63) is 24.3 Å². The Hall–Kier alpha value is -0.760. The largest absolute Gasteiger partial charge is 0.492 e. The SMILES string of the molecule is CN1CCN(CCOc2ccc(NC(=O)C(C)(C)N)cc2)CC1.Cl.Cl.Cl. The fraction of sp³-hybridized carbons (Fsp3) is 0.588. The summed E-state index contributed by atoms with van der Waals surface area (Å²) in [5, 5.41) is 2.79. The minimum absolute atomic E-state index is 0. The molecule has 0 spiro atoms. The van der Waals surface area contributed by atoms with Crippen molar-refractivity contribution in [1.82, 2.24) is 9.80 Å². The van der Waals surface area contributed by atoms with Gasteiger partial charge in [0.1, 0.15) is 12.4 Å². The summed E-state index contributed by atoms with van der Waals surface area (Å²) in [5.41, 5.74) is 5.59. The quantitative estimate of drug-likeness (QED) is 0.726. The number of carbonyl (C=O) groups is 1. The fourth-order valence-electron chi connectivity index (χ4n) is 2.29. The lowest BCUT2D eigenvalue weighted by Crippen LogP contribution is -2.45. The first-order chi connectivity index (χ1) is 10.8. The van der Waals surface area contributed by atoms with Crippen molar-refractivity contribution in [1.29, 1.82) is 0 Å². The molecule has 3 N–H and O–H groups in total. The molecule has 1 heterocycles. The normalized spacial score (nSPS) is 15.1. The number of rotatable bonds is 6. The van der Waals surface area contributed by atoms with Gasteiger partial charge in [-0.3, -0.25) is 9.69 Å². The van der Waals surface area contributed by atoms with E-state index in [0.717, 1.165) is 44.2 Å². The molecule has 0 saturated carbocycles. The molecule has 2 rings (SSSR count). The third kappa shape index (κ3) is 9.26. The number of hydrogen-bond donors (Lipinski definition) is 2. The average Bonchev–Trinajstić information content (AvgIpc) is 2.50. The molecule has 1 aromatic carbocycles. The fourth-order valence-corrected chi connectivity index (χ4v) is 2.29. The number of benzene rings is 1. The number of carbonyl (C=O) groups excluding carboxylic acids is 1. The van der Waals surface area contributed by atoms with Crippen molar-refractivity contribution < 1.29 is 9.53 Å². The maximum Gasteiger partial charge on any atom is 0.243 e. The molecule has 1 aromatic rings. The maximum absolute atomic E-state index is 11.8. The van der Waals surface area contributed by atoms with E-state index >= 15 is 0 Å². The van der Waals surface area contributed by atoms with E-state index in [4.69, 9.17) is 10.5 Å². The number of likely N-dealkylation sites (N-methyl/N-ethyl adjacent to an activating group) is 1. The lowest BCUT2D eigenvalue weighted by atomic mass is 10.1. The molecular weight excluding hydrogens is 399 g/mol. The van der Waals surface area contributed by atoms with Gasteiger partial charge in [0.25, 0.3) is 0 Å². The van der Waals surface area contributed by atoms with Crippen LogP contribution in [-0.4, -0.2) is 67.6 Å². The van der Waals surface area contributed by atoms with Gasteiger partial charge in [0.15, 0.2) is 0 Å². The molecule has 1 fully saturated rings. The highest BCUT2D eigenvalue weighted by atomic mass is 35.5. The average molecular weight is 430 g/mol. The second-order valence-electron chi connectivity index (χ2n) is 6.69. The summed E-state index contributed by atoms with van der Waals surface area (Å²) in [6, 6.07) is 7.38. The summed E-state index contributed by atoms with van der Waals surface area (Å²) in [4.78, 5) is 16.6. The van der Waals surface area contributed by atoms with Gasteiger partial charge >= 0.3 is 0 Å². The van der Waals surface area contributed by atoms with E-state index in [1.54, 1.807) is 13.8 Å². The number of amides is 1. The zero-order valence-electron chi connectivity index (χ0n) is 15.6. The molecule has 1 amide bonds. The summed E-state index contributed by atoms with van der Waals surface area (Å²) in [7, 11) is 2.15. The van der Waals surface area contributed by atoms with Gasteiger partial charge in [-0.1, -0.05) is 0 Å². The minimum Gasteiger partial charge on any atom is -0.492 e. The highest BCUT2D eigenvalue weighted by molar-refractivity contribution is 5.97. The predicted octanol–water partition coefficient (Wildman–Crippen LogP) is 2.25. The van der Waals surface area contributed by atoms with Crippen molar-refractivity contribution in [2.45, 2.75) is 19.4 Å². The van der Waals surface area contributed by atoms with Crippen LogP contribution in [0.4, 0.5) is 5.69 Å². The molecule has 0 bridgehead atoms. The van der Waals surface area contributed by atoms with Crippen LogP contribution in [0.3, 0.4) is 0 Å². The summed E-state index contributed by atoms with van der Waals surface area (Å²) in [6.07, 6.45) is 0. The number of nitrogens with one attached hydrogen (secondary N) is 1. The molecule has 0 aromatic heterocycles. The predicted molar refractivity (Wildman–Crippen MR) is 115 cm³/mol. The lowest BCUT2D eigenvalue weighted by molar-refractivity contribution is -0.120. The van der Waals surface area contributed by atoms with Crippen LogP contribution in [0.1, 0.15) is 13.8 Å². The van der Waals surface area contributed by atoms with Crippen molar-refractivity contribution >= 4 is 48.8 Å². The van der Waals surface area contributed by atoms with Crippen LogP contribution in [-0.2, 0) is 4.79 Å². The van der Waals surface area contributed by atoms with E-state index < -0.39 is 5.54 Å². The first kappa shape index (κ1) is 27.5. The third-order valence-corrected chi connectivity index (χ3v) is 3.97. The van der Waals surface area contributed by atoms with Gasteiger partial charge in [0.2, 0.25) is 5.91 Å².